The molecule has 0 bridgehead atoms. The van der Waals surface area contributed by atoms with Gasteiger partial charge in [0.1, 0.15) is 0 Å². The summed E-state index contributed by atoms with van der Waals surface area (Å²) in [5, 5.41) is 13.3. The van der Waals surface area contributed by atoms with Crippen LogP contribution in [-0.4, -0.2) is 10.8 Å². The molecule has 0 aliphatic heterocycles. The van der Waals surface area contributed by atoms with Crippen LogP contribution in [-0.2, 0) is 4.79 Å². The second kappa shape index (κ2) is 7.17. The summed E-state index contributed by atoms with van der Waals surface area (Å²) in [7, 11) is 0. The number of nitro benzene ring substituents is 1. The van der Waals surface area contributed by atoms with Crippen molar-refractivity contribution in [3.63, 3.8) is 0 Å². The average molecular weight is 308 g/mol. The minimum atomic E-state index is -0.425. The number of hydrogen-bond donors (Lipinski definition) is 1. The molecule has 2 aromatic rings. The molecule has 0 heterocycles. The van der Waals surface area contributed by atoms with Crippen LogP contribution in [0.1, 0.15) is 18.1 Å². The molecule has 5 heteroatoms. The smallest absolute Gasteiger partial charge is 0.269 e. The maximum Gasteiger partial charge on any atom is 0.269 e. The Morgan fingerprint density at radius 3 is 1.96 bits per heavy atom. The van der Waals surface area contributed by atoms with Gasteiger partial charge < -0.3 is 5.32 Å². The first-order chi connectivity index (χ1) is 11.0. The quantitative estimate of drug-likeness (QED) is 0.388. The van der Waals surface area contributed by atoms with Crippen molar-refractivity contribution in [3.05, 3.63) is 81.9 Å². The fourth-order valence-corrected chi connectivity index (χ4v) is 1.81. The molecule has 0 saturated carbocycles. The fourth-order valence-electron chi connectivity index (χ4n) is 1.81. The maximum atomic E-state index is 11.5. The number of anilines is 1. The van der Waals surface area contributed by atoms with Crippen molar-refractivity contribution in [1.29, 1.82) is 0 Å². The molecule has 2 aromatic carbocycles. The molecule has 5 nitrogen and oxygen atoms in total. The number of nitro groups is 1. The Balaban J connectivity index is 2.04. The molecule has 23 heavy (non-hydrogen) atoms. The van der Waals surface area contributed by atoms with Gasteiger partial charge in [-0.05, 0) is 42.3 Å². The first kappa shape index (κ1) is 16.2. The molecule has 0 aliphatic rings. The van der Waals surface area contributed by atoms with E-state index in [9.17, 15) is 14.9 Å². The molecule has 1 amide bonds. The van der Waals surface area contributed by atoms with Crippen molar-refractivity contribution in [2.45, 2.75) is 6.92 Å². The van der Waals surface area contributed by atoms with Gasteiger partial charge in [0, 0.05) is 23.4 Å². The molecule has 0 aliphatic carbocycles. The van der Waals surface area contributed by atoms with Crippen LogP contribution < -0.4 is 5.32 Å². The number of non-ortho nitro benzene ring substituents is 1. The highest BCUT2D eigenvalue weighted by Crippen LogP contribution is 2.16. The third kappa shape index (κ3) is 4.64. The van der Waals surface area contributed by atoms with Gasteiger partial charge >= 0.3 is 0 Å². The lowest BCUT2D eigenvalue weighted by molar-refractivity contribution is -0.384. The Kier molecular flexibility index (Phi) is 5.04. The maximum absolute atomic E-state index is 11.5. The highest BCUT2D eigenvalue weighted by molar-refractivity contribution is 6.02. The van der Waals surface area contributed by atoms with Crippen LogP contribution >= 0.6 is 0 Å². The summed E-state index contributed by atoms with van der Waals surface area (Å²) >= 11 is 0. The number of nitrogens with one attached hydrogen (secondary N) is 1. The van der Waals surface area contributed by atoms with E-state index in [2.05, 4.69) is 11.9 Å². The van der Waals surface area contributed by atoms with Gasteiger partial charge in [-0.2, -0.15) is 0 Å². The molecule has 0 radical (unpaired) electrons. The zero-order chi connectivity index (χ0) is 16.8. The molecule has 0 aromatic heterocycles. The predicted octanol–water partition coefficient (Wildman–Crippen LogP) is 4.28. The lowest BCUT2D eigenvalue weighted by Gasteiger charge is -2.04. The summed E-state index contributed by atoms with van der Waals surface area (Å²) < 4.78 is 0. The largest absolute Gasteiger partial charge is 0.322 e. The van der Waals surface area contributed by atoms with Gasteiger partial charge in [0.2, 0.25) is 0 Å². The number of amides is 1. The highest BCUT2D eigenvalue weighted by atomic mass is 16.6. The normalized spacial score (nSPS) is 10.5. The molecule has 0 saturated heterocycles. The van der Waals surface area contributed by atoms with E-state index in [4.69, 9.17) is 0 Å². The fraction of sp³-hybridized carbons (Fsp3) is 0.0556. The highest BCUT2D eigenvalue weighted by Gasteiger charge is 2.03. The van der Waals surface area contributed by atoms with E-state index in [1.807, 2.05) is 24.3 Å². The molecular weight excluding hydrogens is 292 g/mol. The molecule has 0 atom stereocenters. The van der Waals surface area contributed by atoms with Gasteiger partial charge in [-0.15, -0.1) is 0 Å². The van der Waals surface area contributed by atoms with Crippen LogP contribution in [0.5, 0.6) is 0 Å². The van der Waals surface area contributed by atoms with E-state index < -0.39 is 4.92 Å². The first-order valence-electron chi connectivity index (χ1n) is 6.95. The van der Waals surface area contributed by atoms with Crippen molar-refractivity contribution in [3.8, 4) is 0 Å². The topological polar surface area (TPSA) is 72.2 Å². The monoisotopic (exact) mass is 308 g/mol. The van der Waals surface area contributed by atoms with Crippen LogP contribution in [0.2, 0.25) is 0 Å². The molecule has 0 fully saturated rings. The molecule has 116 valence electrons. The van der Waals surface area contributed by atoms with Crippen LogP contribution in [0.15, 0.2) is 60.7 Å². The summed E-state index contributed by atoms with van der Waals surface area (Å²) in [5.74, 6) is -0.209. The number of hydrogen-bond acceptors (Lipinski definition) is 3. The summed E-state index contributed by atoms with van der Waals surface area (Å²) in [5.41, 5.74) is 3.05. The zero-order valence-corrected chi connectivity index (χ0v) is 12.7. The standard InChI is InChI=1S/C18H16N2O3/c1-13(2)18(21)19-16-9-5-14(6-10-16)3-4-15-7-11-17(12-8-15)20(22)23/h3-12H,1H2,2H3,(H,19,21)/b4-3+. The number of benzene rings is 2. The lowest BCUT2D eigenvalue weighted by Crippen LogP contribution is -2.11. The summed E-state index contributed by atoms with van der Waals surface area (Å²) in [6.07, 6.45) is 3.76. The van der Waals surface area contributed by atoms with E-state index in [1.165, 1.54) is 12.1 Å². The van der Waals surface area contributed by atoms with E-state index >= 15 is 0 Å². The Hall–Kier alpha value is -3.21. The zero-order valence-electron chi connectivity index (χ0n) is 12.7. The van der Waals surface area contributed by atoms with Crippen LogP contribution in [0.25, 0.3) is 12.2 Å². The van der Waals surface area contributed by atoms with Crippen molar-refractivity contribution < 1.29 is 9.72 Å². The third-order valence-electron chi connectivity index (χ3n) is 3.13. The minimum Gasteiger partial charge on any atom is -0.322 e. The van der Waals surface area contributed by atoms with Crippen molar-refractivity contribution in [1.82, 2.24) is 0 Å². The summed E-state index contributed by atoms with van der Waals surface area (Å²) in [6, 6.07) is 13.7. The van der Waals surface area contributed by atoms with Crippen LogP contribution in [0.4, 0.5) is 11.4 Å². The Labute approximate surface area is 134 Å². The second-order valence-electron chi connectivity index (χ2n) is 5.04. The Morgan fingerprint density at radius 2 is 1.52 bits per heavy atom. The SMILES string of the molecule is C=C(C)C(=O)Nc1ccc(/C=C/c2ccc([N+](=O)[O-])cc2)cc1. The Morgan fingerprint density at radius 1 is 1.04 bits per heavy atom. The van der Waals surface area contributed by atoms with Crippen LogP contribution in [0.3, 0.4) is 0 Å². The summed E-state index contributed by atoms with van der Waals surface area (Å²) in [4.78, 5) is 21.7. The number of nitrogens with zero attached hydrogens (tertiary/aromatic N) is 1. The molecule has 0 unspecified atom stereocenters. The van der Waals surface area contributed by atoms with Gasteiger partial charge in [-0.25, -0.2) is 0 Å². The lowest BCUT2D eigenvalue weighted by atomic mass is 10.1. The summed E-state index contributed by atoms with van der Waals surface area (Å²) in [6.45, 7) is 5.23. The van der Waals surface area contributed by atoms with Crippen molar-refractivity contribution in [2.24, 2.45) is 0 Å². The predicted molar refractivity (Wildman–Crippen MR) is 91.9 cm³/mol. The minimum absolute atomic E-state index is 0.0692. The van der Waals surface area contributed by atoms with Gasteiger partial charge in [0.25, 0.3) is 11.6 Å². The number of rotatable bonds is 5. The van der Waals surface area contributed by atoms with E-state index in [0.29, 0.717) is 11.3 Å². The van der Waals surface area contributed by atoms with Gasteiger partial charge in [0.15, 0.2) is 0 Å². The van der Waals surface area contributed by atoms with Gasteiger partial charge in [0.05, 0.1) is 4.92 Å². The van der Waals surface area contributed by atoms with E-state index in [0.717, 1.165) is 11.1 Å². The van der Waals surface area contributed by atoms with Crippen molar-refractivity contribution in [2.75, 3.05) is 5.32 Å². The first-order valence-corrected chi connectivity index (χ1v) is 6.95. The average Bonchev–Trinajstić information content (AvgIpc) is 2.54. The third-order valence-corrected chi connectivity index (χ3v) is 3.13. The van der Waals surface area contributed by atoms with E-state index in [1.54, 1.807) is 31.2 Å². The molecule has 0 spiro atoms. The number of carbonyl (C=O) groups excluding carboxylic acids is 1. The van der Waals surface area contributed by atoms with Crippen LogP contribution in [0, 0.1) is 10.1 Å². The van der Waals surface area contributed by atoms with Gasteiger partial charge in [-0.1, -0.05) is 30.9 Å². The number of carbonyl (C=O) groups is 1. The molecular formula is C18H16N2O3. The molecule has 2 rings (SSSR count). The van der Waals surface area contributed by atoms with Gasteiger partial charge in [-0.3, -0.25) is 14.9 Å². The Bertz CT molecular complexity index is 760. The van der Waals surface area contributed by atoms with E-state index in [-0.39, 0.29) is 11.6 Å². The second-order valence-corrected chi connectivity index (χ2v) is 5.04. The molecule has 1 N–H and O–H groups in total. The van der Waals surface area contributed by atoms with Crippen molar-refractivity contribution >= 4 is 29.4 Å².